The van der Waals surface area contributed by atoms with Gasteiger partial charge in [-0.2, -0.15) is 0 Å². The molecular formula is C16H16ClNO3. The second kappa shape index (κ2) is 5.84. The maximum absolute atomic E-state index is 10.3. The Morgan fingerprint density at radius 2 is 2.00 bits per heavy atom. The van der Waals surface area contributed by atoms with Crippen molar-refractivity contribution in [1.82, 2.24) is 0 Å². The summed E-state index contributed by atoms with van der Waals surface area (Å²) in [5, 5.41) is 14.2. The number of nitrogens with one attached hydrogen (secondary N) is 1. The zero-order valence-corrected chi connectivity index (χ0v) is 12.4. The van der Waals surface area contributed by atoms with Crippen molar-refractivity contribution in [3.63, 3.8) is 0 Å². The van der Waals surface area contributed by atoms with E-state index < -0.39 is 6.10 Å². The highest BCUT2D eigenvalue weighted by atomic mass is 35.5. The highest BCUT2D eigenvalue weighted by Gasteiger charge is 2.16. The number of hydrogen-bond donors (Lipinski definition) is 2. The van der Waals surface area contributed by atoms with Gasteiger partial charge in [0.2, 0.25) is 6.79 Å². The first-order valence-corrected chi connectivity index (χ1v) is 7.09. The fraction of sp³-hybridized carbons (Fsp3) is 0.250. The van der Waals surface area contributed by atoms with Gasteiger partial charge >= 0.3 is 0 Å². The van der Waals surface area contributed by atoms with Crippen molar-refractivity contribution in [3.8, 4) is 11.5 Å². The van der Waals surface area contributed by atoms with E-state index in [0.29, 0.717) is 23.1 Å². The van der Waals surface area contributed by atoms with Crippen LogP contribution in [0.2, 0.25) is 5.02 Å². The summed E-state index contributed by atoms with van der Waals surface area (Å²) in [6.07, 6.45) is -0.641. The molecule has 0 fully saturated rings. The third kappa shape index (κ3) is 3.06. The molecule has 0 spiro atoms. The minimum absolute atomic E-state index is 0.231. The molecule has 110 valence electrons. The molecule has 1 unspecified atom stereocenters. The van der Waals surface area contributed by atoms with Gasteiger partial charge in [-0.1, -0.05) is 23.7 Å². The lowest BCUT2D eigenvalue weighted by Crippen LogP contribution is -2.12. The molecule has 0 amide bonds. The quantitative estimate of drug-likeness (QED) is 0.907. The first kappa shape index (κ1) is 14.0. The van der Waals surface area contributed by atoms with Gasteiger partial charge in [-0.05, 0) is 42.3 Å². The maximum atomic E-state index is 10.3. The van der Waals surface area contributed by atoms with Gasteiger partial charge in [0.1, 0.15) is 0 Å². The van der Waals surface area contributed by atoms with E-state index >= 15 is 0 Å². The largest absolute Gasteiger partial charge is 0.454 e. The summed E-state index contributed by atoms with van der Waals surface area (Å²) < 4.78 is 10.6. The molecule has 2 N–H and O–H groups in total. The zero-order valence-electron chi connectivity index (χ0n) is 11.6. The molecule has 5 heteroatoms. The average molecular weight is 306 g/mol. The standard InChI is InChI=1S/C16H16ClNO3/c1-10-2-4-12(17)7-13(10)18-8-14(19)11-3-5-15-16(6-11)21-9-20-15/h2-7,14,18-19H,8-9H2,1H3. The van der Waals surface area contributed by atoms with E-state index in [1.54, 1.807) is 6.07 Å². The molecule has 1 aliphatic rings. The van der Waals surface area contributed by atoms with Crippen LogP contribution >= 0.6 is 11.6 Å². The van der Waals surface area contributed by atoms with Crippen LogP contribution in [-0.4, -0.2) is 18.4 Å². The Bertz CT molecular complexity index is 660. The monoisotopic (exact) mass is 305 g/mol. The van der Waals surface area contributed by atoms with Crippen molar-refractivity contribution < 1.29 is 14.6 Å². The van der Waals surface area contributed by atoms with Gasteiger partial charge in [0, 0.05) is 17.3 Å². The lowest BCUT2D eigenvalue weighted by Gasteiger charge is -2.15. The van der Waals surface area contributed by atoms with Gasteiger partial charge in [-0.3, -0.25) is 0 Å². The van der Waals surface area contributed by atoms with Crippen molar-refractivity contribution in [1.29, 1.82) is 0 Å². The minimum Gasteiger partial charge on any atom is -0.454 e. The van der Waals surface area contributed by atoms with Crippen molar-refractivity contribution in [2.75, 3.05) is 18.7 Å². The number of halogens is 1. The summed E-state index contributed by atoms with van der Waals surface area (Å²) in [5.74, 6) is 1.38. The SMILES string of the molecule is Cc1ccc(Cl)cc1NCC(O)c1ccc2c(c1)OCO2. The lowest BCUT2D eigenvalue weighted by atomic mass is 10.1. The molecule has 0 aromatic heterocycles. The normalized spacial score (nSPS) is 14.0. The number of aliphatic hydroxyl groups excluding tert-OH is 1. The number of aryl methyl sites for hydroxylation is 1. The van der Waals surface area contributed by atoms with E-state index in [1.807, 2.05) is 37.3 Å². The maximum Gasteiger partial charge on any atom is 0.231 e. The van der Waals surface area contributed by atoms with Crippen LogP contribution in [0.3, 0.4) is 0 Å². The molecule has 3 rings (SSSR count). The number of anilines is 1. The topological polar surface area (TPSA) is 50.7 Å². The van der Waals surface area contributed by atoms with Crippen molar-refractivity contribution in [2.24, 2.45) is 0 Å². The van der Waals surface area contributed by atoms with Crippen LogP contribution in [0, 0.1) is 6.92 Å². The molecule has 1 atom stereocenters. The Hall–Kier alpha value is -1.91. The first-order valence-electron chi connectivity index (χ1n) is 6.71. The van der Waals surface area contributed by atoms with Gasteiger partial charge in [-0.25, -0.2) is 0 Å². The van der Waals surface area contributed by atoms with Crippen LogP contribution in [0.5, 0.6) is 11.5 Å². The lowest BCUT2D eigenvalue weighted by molar-refractivity contribution is 0.173. The summed E-state index contributed by atoms with van der Waals surface area (Å²) in [4.78, 5) is 0. The second-order valence-electron chi connectivity index (χ2n) is 4.97. The van der Waals surface area contributed by atoms with Gasteiger partial charge in [0.15, 0.2) is 11.5 Å². The minimum atomic E-state index is -0.641. The van der Waals surface area contributed by atoms with E-state index in [9.17, 15) is 5.11 Å². The molecule has 2 aromatic carbocycles. The molecular weight excluding hydrogens is 290 g/mol. The fourth-order valence-electron chi connectivity index (χ4n) is 2.23. The number of fused-ring (bicyclic) bond motifs is 1. The molecule has 0 saturated heterocycles. The molecule has 21 heavy (non-hydrogen) atoms. The molecule has 2 aromatic rings. The molecule has 0 radical (unpaired) electrons. The number of aliphatic hydroxyl groups is 1. The Morgan fingerprint density at radius 1 is 1.19 bits per heavy atom. The van der Waals surface area contributed by atoms with Crippen LogP contribution in [0.4, 0.5) is 5.69 Å². The molecule has 1 heterocycles. The predicted molar refractivity (Wildman–Crippen MR) is 82.2 cm³/mol. The highest BCUT2D eigenvalue weighted by Crippen LogP contribution is 2.34. The summed E-state index contributed by atoms with van der Waals surface area (Å²) in [5.41, 5.74) is 2.78. The summed E-state index contributed by atoms with van der Waals surface area (Å²) in [6, 6.07) is 11.1. The van der Waals surface area contributed by atoms with E-state index in [-0.39, 0.29) is 6.79 Å². The van der Waals surface area contributed by atoms with Gasteiger partial charge in [0.05, 0.1) is 6.10 Å². The summed E-state index contributed by atoms with van der Waals surface area (Å²) in [7, 11) is 0. The van der Waals surface area contributed by atoms with E-state index in [4.69, 9.17) is 21.1 Å². The molecule has 0 bridgehead atoms. The first-order chi connectivity index (χ1) is 10.1. The van der Waals surface area contributed by atoms with Crippen LogP contribution in [0.1, 0.15) is 17.2 Å². The molecule has 0 saturated carbocycles. The number of hydrogen-bond acceptors (Lipinski definition) is 4. The predicted octanol–water partition coefficient (Wildman–Crippen LogP) is 3.52. The Labute approximate surface area is 128 Å². The Morgan fingerprint density at radius 3 is 2.86 bits per heavy atom. The average Bonchev–Trinajstić information content (AvgIpc) is 2.95. The summed E-state index contributed by atoms with van der Waals surface area (Å²) >= 11 is 5.98. The third-order valence-corrected chi connectivity index (χ3v) is 3.70. The van der Waals surface area contributed by atoms with Crippen LogP contribution in [-0.2, 0) is 0 Å². The van der Waals surface area contributed by atoms with Gasteiger partial charge < -0.3 is 19.9 Å². The molecule has 0 aliphatic carbocycles. The zero-order chi connectivity index (χ0) is 14.8. The smallest absolute Gasteiger partial charge is 0.231 e. The van der Waals surface area contributed by atoms with Crippen molar-refractivity contribution in [3.05, 3.63) is 52.5 Å². The Kier molecular flexibility index (Phi) is 3.90. The van der Waals surface area contributed by atoms with Crippen LogP contribution < -0.4 is 14.8 Å². The summed E-state index contributed by atoms with van der Waals surface area (Å²) in [6.45, 7) is 2.61. The van der Waals surface area contributed by atoms with Gasteiger partial charge in [0.25, 0.3) is 0 Å². The third-order valence-electron chi connectivity index (χ3n) is 3.47. The van der Waals surface area contributed by atoms with E-state index in [1.165, 1.54) is 0 Å². The van der Waals surface area contributed by atoms with Gasteiger partial charge in [-0.15, -0.1) is 0 Å². The molecule has 1 aliphatic heterocycles. The molecule has 4 nitrogen and oxygen atoms in total. The number of benzene rings is 2. The van der Waals surface area contributed by atoms with Crippen LogP contribution in [0.15, 0.2) is 36.4 Å². The van der Waals surface area contributed by atoms with E-state index in [2.05, 4.69) is 5.32 Å². The number of rotatable bonds is 4. The van der Waals surface area contributed by atoms with Crippen molar-refractivity contribution in [2.45, 2.75) is 13.0 Å². The Balaban J connectivity index is 1.69. The fourth-order valence-corrected chi connectivity index (χ4v) is 2.40. The van der Waals surface area contributed by atoms with E-state index in [0.717, 1.165) is 16.8 Å². The second-order valence-corrected chi connectivity index (χ2v) is 5.41. The van der Waals surface area contributed by atoms with Crippen molar-refractivity contribution >= 4 is 17.3 Å². The number of ether oxygens (including phenoxy) is 2. The van der Waals surface area contributed by atoms with Crippen LogP contribution in [0.25, 0.3) is 0 Å². The highest BCUT2D eigenvalue weighted by molar-refractivity contribution is 6.30.